The van der Waals surface area contributed by atoms with Crippen molar-refractivity contribution in [2.45, 2.75) is 26.2 Å². The third-order valence-corrected chi connectivity index (χ3v) is 3.76. The minimum Gasteiger partial charge on any atom is -0.466 e. The molecule has 2 rings (SSSR count). The first-order valence-electron chi connectivity index (χ1n) is 7.66. The van der Waals surface area contributed by atoms with Gasteiger partial charge in [0.05, 0.1) is 6.61 Å². The zero-order valence-electron chi connectivity index (χ0n) is 13.5. The SMILES string of the molecule is CCOC(=O)CC(=O)C(C)c1ccc(-c2ccc(F)cc2)c(F)c1. The summed E-state index contributed by atoms with van der Waals surface area (Å²) in [6.07, 6.45) is -0.337. The third kappa shape index (κ3) is 4.25. The van der Waals surface area contributed by atoms with Gasteiger partial charge in [0.1, 0.15) is 18.1 Å². The van der Waals surface area contributed by atoms with Gasteiger partial charge in [-0.15, -0.1) is 0 Å². The first kappa shape index (κ1) is 17.8. The van der Waals surface area contributed by atoms with E-state index in [9.17, 15) is 18.4 Å². The van der Waals surface area contributed by atoms with Crippen molar-refractivity contribution >= 4 is 11.8 Å². The number of hydrogen-bond donors (Lipinski definition) is 0. The predicted molar refractivity (Wildman–Crippen MR) is 86.5 cm³/mol. The van der Waals surface area contributed by atoms with Crippen molar-refractivity contribution in [1.82, 2.24) is 0 Å². The highest BCUT2D eigenvalue weighted by molar-refractivity contribution is 5.99. The van der Waals surface area contributed by atoms with Crippen molar-refractivity contribution in [2.75, 3.05) is 6.61 Å². The lowest BCUT2D eigenvalue weighted by Crippen LogP contribution is -2.16. The fraction of sp³-hybridized carbons (Fsp3) is 0.263. The van der Waals surface area contributed by atoms with Crippen molar-refractivity contribution in [3.8, 4) is 11.1 Å². The molecule has 3 nitrogen and oxygen atoms in total. The monoisotopic (exact) mass is 332 g/mol. The summed E-state index contributed by atoms with van der Waals surface area (Å²) in [6.45, 7) is 3.49. The van der Waals surface area contributed by atoms with Gasteiger partial charge in [-0.25, -0.2) is 8.78 Å². The summed E-state index contributed by atoms with van der Waals surface area (Å²) in [5, 5.41) is 0. The van der Waals surface area contributed by atoms with Crippen LogP contribution < -0.4 is 0 Å². The van der Waals surface area contributed by atoms with Gasteiger partial charge in [0.15, 0.2) is 5.78 Å². The molecule has 1 atom stereocenters. The van der Waals surface area contributed by atoms with Crippen LogP contribution in [-0.4, -0.2) is 18.4 Å². The number of hydrogen-bond acceptors (Lipinski definition) is 3. The molecule has 2 aromatic carbocycles. The molecule has 0 radical (unpaired) electrons. The maximum Gasteiger partial charge on any atom is 0.313 e. The Kier molecular flexibility index (Phi) is 5.79. The summed E-state index contributed by atoms with van der Waals surface area (Å²) in [5.41, 5.74) is 1.35. The number of halogens is 2. The number of esters is 1. The topological polar surface area (TPSA) is 43.4 Å². The highest BCUT2D eigenvalue weighted by Gasteiger charge is 2.20. The number of Topliss-reactive ketones (excluding diaryl/α,β-unsaturated/α-hetero) is 1. The second-order valence-electron chi connectivity index (χ2n) is 5.42. The van der Waals surface area contributed by atoms with E-state index in [1.54, 1.807) is 26.0 Å². The summed E-state index contributed by atoms with van der Waals surface area (Å²) < 4.78 is 32.0. The zero-order valence-corrected chi connectivity index (χ0v) is 13.5. The normalized spacial score (nSPS) is 11.8. The van der Waals surface area contributed by atoms with Gasteiger partial charge in [-0.1, -0.05) is 31.2 Å². The van der Waals surface area contributed by atoms with E-state index in [-0.39, 0.29) is 18.8 Å². The fourth-order valence-corrected chi connectivity index (χ4v) is 2.36. The average molecular weight is 332 g/mol. The standard InChI is InChI=1S/C19H18F2O3/c1-3-24-19(23)11-18(22)12(2)14-6-9-16(17(21)10-14)13-4-7-15(20)8-5-13/h4-10,12H,3,11H2,1-2H3. The molecule has 24 heavy (non-hydrogen) atoms. The zero-order chi connectivity index (χ0) is 17.7. The Balaban J connectivity index is 2.18. The molecule has 0 saturated heterocycles. The van der Waals surface area contributed by atoms with Crippen LogP contribution in [0.25, 0.3) is 11.1 Å². The Hall–Kier alpha value is -2.56. The lowest BCUT2D eigenvalue weighted by molar-refractivity contribution is -0.145. The summed E-state index contributed by atoms with van der Waals surface area (Å²) >= 11 is 0. The van der Waals surface area contributed by atoms with Gasteiger partial charge in [-0.05, 0) is 36.2 Å². The molecule has 1 unspecified atom stereocenters. The molecular formula is C19H18F2O3. The fourth-order valence-electron chi connectivity index (χ4n) is 2.36. The molecule has 0 amide bonds. The van der Waals surface area contributed by atoms with Crippen LogP contribution in [0.5, 0.6) is 0 Å². The number of ketones is 1. The molecule has 0 aliphatic carbocycles. The number of ether oxygens (including phenoxy) is 1. The van der Waals surface area contributed by atoms with Crippen LogP contribution in [-0.2, 0) is 14.3 Å². The molecule has 126 valence electrons. The molecule has 0 heterocycles. The molecular weight excluding hydrogens is 314 g/mol. The first-order chi connectivity index (χ1) is 11.4. The second-order valence-corrected chi connectivity index (χ2v) is 5.42. The minimum atomic E-state index is -0.619. The highest BCUT2D eigenvalue weighted by atomic mass is 19.1. The Bertz CT molecular complexity index is 739. The van der Waals surface area contributed by atoms with Crippen molar-refractivity contribution in [2.24, 2.45) is 0 Å². The summed E-state index contributed by atoms with van der Waals surface area (Å²) in [4.78, 5) is 23.4. The van der Waals surface area contributed by atoms with Crippen molar-refractivity contribution < 1.29 is 23.1 Å². The molecule has 0 aromatic heterocycles. The van der Waals surface area contributed by atoms with Crippen LogP contribution >= 0.6 is 0 Å². The molecule has 5 heteroatoms. The van der Waals surface area contributed by atoms with Gasteiger partial charge >= 0.3 is 5.97 Å². The lowest BCUT2D eigenvalue weighted by atomic mass is 9.92. The maximum absolute atomic E-state index is 14.3. The van der Waals surface area contributed by atoms with E-state index in [0.29, 0.717) is 16.7 Å². The van der Waals surface area contributed by atoms with E-state index in [1.807, 2.05) is 0 Å². The first-order valence-corrected chi connectivity index (χ1v) is 7.66. The van der Waals surface area contributed by atoms with Gasteiger partial charge in [-0.2, -0.15) is 0 Å². The average Bonchev–Trinajstić information content (AvgIpc) is 2.55. The number of benzene rings is 2. The molecule has 0 N–H and O–H groups in total. The number of carbonyl (C=O) groups excluding carboxylic acids is 2. The van der Waals surface area contributed by atoms with E-state index in [1.165, 1.54) is 30.3 Å². The van der Waals surface area contributed by atoms with Gasteiger partial charge in [0.2, 0.25) is 0 Å². The van der Waals surface area contributed by atoms with Crippen LogP contribution in [0, 0.1) is 11.6 Å². The molecule has 0 aliphatic rings. The number of carbonyl (C=O) groups is 2. The van der Waals surface area contributed by atoms with Crippen molar-refractivity contribution in [3.05, 3.63) is 59.7 Å². The minimum absolute atomic E-state index is 0.210. The van der Waals surface area contributed by atoms with E-state index < -0.39 is 23.5 Å². The van der Waals surface area contributed by atoms with E-state index in [4.69, 9.17) is 4.74 Å². The van der Waals surface area contributed by atoms with Gasteiger partial charge < -0.3 is 4.74 Å². The van der Waals surface area contributed by atoms with E-state index >= 15 is 0 Å². The van der Waals surface area contributed by atoms with Gasteiger partial charge in [0.25, 0.3) is 0 Å². The second kappa shape index (κ2) is 7.81. The van der Waals surface area contributed by atoms with Crippen molar-refractivity contribution in [1.29, 1.82) is 0 Å². The van der Waals surface area contributed by atoms with Crippen LogP contribution in [0.3, 0.4) is 0 Å². The molecule has 0 spiro atoms. The highest BCUT2D eigenvalue weighted by Crippen LogP contribution is 2.27. The van der Waals surface area contributed by atoms with E-state index in [0.717, 1.165) is 0 Å². The summed E-state index contributed by atoms with van der Waals surface area (Å²) in [7, 11) is 0. The molecule has 0 fully saturated rings. The van der Waals surface area contributed by atoms with Crippen molar-refractivity contribution in [3.63, 3.8) is 0 Å². The predicted octanol–water partition coefficient (Wildman–Crippen LogP) is 4.26. The van der Waals surface area contributed by atoms with Gasteiger partial charge in [0, 0.05) is 11.5 Å². The smallest absolute Gasteiger partial charge is 0.313 e. The molecule has 2 aromatic rings. The quantitative estimate of drug-likeness (QED) is 0.586. The lowest BCUT2D eigenvalue weighted by Gasteiger charge is -2.12. The summed E-state index contributed by atoms with van der Waals surface area (Å²) in [6, 6.07) is 9.95. The Morgan fingerprint density at radius 2 is 1.75 bits per heavy atom. The third-order valence-electron chi connectivity index (χ3n) is 3.76. The Labute approximate surface area is 139 Å². The molecule has 0 aliphatic heterocycles. The Morgan fingerprint density at radius 1 is 1.08 bits per heavy atom. The molecule has 0 saturated carbocycles. The number of rotatable bonds is 6. The molecule has 0 bridgehead atoms. The van der Waals surface area contributed by atoms with Crippen LogP contribution in [0.15, 0.2) is 42.5 Å². The maximum atomic E-state index is 14.3. The Morgan fingerprint density at radius 3 is 2.33 bits per heavy atom. The summed E-state index contributed by atoms with van der Waals surface area (Å²) in [5.74, 6) is -2.44. The van der Waals surface area contributed by atoms with Crippen LogP contribution in [0.1, 0.15) is 31.7 Å². The van der Waals surface area contributed by atoms with E-state index in [2.05, 4.69) is 0 Å². The van der Waals surface area contributed by atoms with Crippen LogP contribution in [0.2, 0.25) is 0 Å². The largest absolute Gasteiger partial charge is 0.466 e. The van der Waals surface area contributed by atoms with Gasteiger partial charge in [-0.3, -0.25) is 9.59 Å². The van der Waals surface area contributed by atoms with Crippen LogP contribution in [0.4, 0.5) is 8.78 Å².